The van der Waals surface area contributed by atoms with Crippen LogP contribution in [0.15, 0.2) is 34.1 Å². The SMILES string of the molecule is CC(C)CN(CCNC(=O)c1cn(C)c2ccc(S(=O)(=O)N3CCOCC3)cc2c1=O)CC(C)C. The highest BCUT2D eigenvalue weighted by atomic mass is 32.2. The number of hydrogen-bond acceptors (Lipinski definition) is 6. The summed E-state index contributed by atoms with van der Waals surface area (Å²) in [5, 5.41) is 3.08. The fourth-order valence-electron chi connectivity index (χ4n) is 4.44. The third kappa shape index (κ3) is 6.69. The summed E-state index contributed by atoms with van der Waals surface area (Å²) in [6, 6.07) is 4.50. The third-order valence-electron chi connectivity index (χ3n) is 5.97. The molecule has 1 fully saturated rings. The van der Waals surface area contributed by atoms with Gasteiger partial charge >= 0.3 is 0 Å². The topological polar surface area (TPSA) is 101 Å². The van der Waals surface area contributed by atoms with Crippen molar-refractivity contribution in [2.45, 2.75) is 32.6 Å². The molecule has 1 saturated heterocycles. The number of carbonyl (C=O) groups excluding carboxylic acids is 1. The number of nitrogens with one attached hydrogen (secondary N) is 1. The van der Waals surface area contributed by atoms with Crippen LogP contribution in [-0.2, 0) is 21.8 Å². The minimum atomic E-state index is -3.76. The number of benzene rings is 1. The first-order valence-corrected chi connectivity index (χ1v) is 13.7. The molecule has 2 aromatic rings. The molecule has 0 aliphatic carbocycles. The van der Waals surface area contributed by atoms with Crippen molar-refractivity contribution in [3.8, 4) is 0 Å². The lowest BCUT2D eigenvalue weighted by molar-refractivity contribution is 0.0730. The second-order valence-electron chi connectivity index (χ2n) is 9.98. The number of ether oxygens (including phenoxy) is 1. The molecule has 0 atom stereocenters. The Balaban J connectivity index is 1.83. The number of aromatic nitrogens is 1. The van der Waals surface area contributed by atoms with Crippen LogP contribution in [0.3, 0.4) is 0 Å². The number of aryl methyl sites for hydroxylation is 1. The van der Waals surface area contributed by atoms with Gasteiger partial charge in [-0.05, 0) is 30.0 Å². The summed E-state index contributed by atoms with van der Waals surface area (Å²) in [5.74, 6) is 0.573. The van der Waals surface area contributed by atoms with Gasteiger partial charge in [0.2, 0.25) is 15.5 Å². The molecule has 3 rings (SSSR count). The molecule has 0 radical (unpaired) electrons. The summed E-state index contributed by atoms with van der Waals surface area (Å²) in [6.45, 7) is 12.9. The molecule has 10 heteroatoms. The number of hydrogen-bond donors (Lipinski definition) is 1. The van der Waals surface area contributed by atoms with E-state index in [4.69, 9.17) is 4.74 Å². The van der Waals surface area contributed by atoms with Crippen LogP contribution in [-0.4, -0.2) is 80.6 Å². The van der Waals surface area contributed by atoms with Gasteiger partial charge in [0.1, 0.15) is 5.56 Å². The van der Waals surface area contributed by atoms with Crippen molar-refractivity contribution in [2.75, 3.05) is 52.5 Å². The molecule has 0 saturated carbocycles. The Hall–Kier alpha value is -2.27. The maximum Gasteiger partial charge on any atom is 0.256 e. The molecule has 1 aromatic heterocycles. The summed E-state index contributed by atoms with van der Waals surface area (Å²) in [7, 11) is -2.02. The zero-order chi connectivity index (χ0) is 25.8. The number of amides is 1. The van der Waals surface area contributed by atoms with Crippen molar-refractivity contribution in [3.63, 3.8) is 0 Å². The number of nitrogens with zero attached hydrogens (tertiary/aromatic N) is 3. The standard InChI is InChI=1S/C25H38N4O5S/c1-18(2)15-28(16-19(3)4)9-8-26-25(31)22-17-27(5)23-7-6-20(14-21(23)24(22)30)35(32,33)29-10-12-34-13-11-29/h6-7,14,17-19H,8-13,15-16H2,1-5H3,(H,26,31). The quantitative estimate of drug-likeness (QED) is 0.528. The maximum absolute atomic E-state index is 13.3. The predicted octanol–water partition coefficient (Wildman–Crippen LogP) is 1.90. The first kappa shape index (κ1) is 27.3. The van der Waals surface area contributed by atoms with Gasteiger partial charge in [-0.25, -0.2) is 8.42 Å². The maximum atomic E-state index is 13.3. The van der Waals surface area contributed by atoms with Crippen LogP contribution in [0.4, 0.5) is 0 Å². The summed E-state index contributed by atoms with van der Waals surface area (Å²) >= 11 is 0. The van der Waals surface area contributed by atoms with Crippen LogP contribution < -0.4 is 10.7 Å². The van der Waals surface area contributed by atoms with Crippen LogP contribution in [0.2, 0.25) is 0 Å². The predicted molar refractivity (Wildman–Crippen MR) is 137 cm³/mol. The Morgan fingerprint density at radius 1 is 1.11 bits per heavy atom. The number of pyridine rings is 1. The summed E-state index contributed by atoms with van der Waals surface area (Å²) in [5.41, 5.74) is 0.0866. The van der Waals surface area contributed by atoms with Gasteiger partial charge in [-0.15, -0.1) is 0 Å². The normalized spacial score (nSPS) is 15.4. The van der Waals surface area contributed by atoms with Gasteiger partial charge in [-0.3, -0.25) is 9.59 Å². The van der Waals surface area contributed by atoms with Gasteiger partial charge in [0.25, 0.3) is 5.91 Å². The summed E-state index contributed by atoms with van der Waals surface area (Å²) in [6.07, 6.45) is 1.51. The Kier molecular flexibility index (Phi) is 9.09. The average molecular weight is 507 g/mol. The molecule has 1 N–H and O–H groups in total. The smallest absolute Gasteiger partial charge is 0.256 e. The van der Waals surface area contributed by atoms with E-state index in [1.54, 1.807) is 17.7 Å². The van der Waals surface area contributed by atoms with Crippen LogP contribution in [0.25, 0.3) is 10.9 Å². The molecule has 0 spiro atoms. The lowest BCUT2D eigenvalue weighted by atomic mass is 10.1. The second-order valence-corrected chi connectivity index (χ2v) is 11.9. The van der Waals surface area contributed by atoms with E-state index in [0.29, 0.717) is 43.7 Å². The molecule has 35 heavy (non-hydrogen) atoms. The van der Waals surface area contributed by atoms with Crippen molar-refractivity contribution in [2.24, 2.45) is 18.9 Å². The van der Waals surface area contributed by atoms with Crippen LogP contribution >= 0.6 is 0 Å². The highest BCUT2D eigenvalue weighted by Gasteiger charge is 2.27. The number of rotatable bonds is 10. The van der Waals surface area contributed by atoms with Crippen LogP contribution in [0.5, 0.6) is 0 Å². The number of carbonyl (C=O) groups is 1. The third-order valence-corrected chi connectivity index (χ3v) is 7.87. The molecule has 1 amide bonds. The van der Waals surface area contributed by atoms with E-state index in [2.05, 4.69) is 37.9 Å². The largest absolute Gasteiger partial charge is 0.379 e. The Bertz CT molecular complexity index is 1190. The van der Waals surface area contributed by atoms with E-state index in [1.165, 1.54) is 22.6 Å². The fourth-order valence-corrected chi connectivity index (χ4v) is 5.88. The fraction of sp³-hybridized carbons (Fsp3) is 0.600. The highest BCUT2D eigenvalue weighted by Crippen LogP contribution is 2.21. The van der Waals surface area contributed by atoms with Gasteiger partial charge < -0.3 is 19.5 Å². The van der Waals surface area contributed by atoms with Crippen molar-refractivity contribution < 1.29 is 17.9 Å². The lowest BCUT2D eigenvalue weighted by Crippen LogP contribution is -2.40. The number of morpholine rings is 1. The highest BCUT2D eigenvalue weighted by molar-refractivity contribution is 7.89. The molecule has 194 valence electrons. The van der Waals surface area contributed by atoms with E-state index < -0.39 is 21.4 Å². The van der Waals surface area contributed by atoms with E-state index in [9.17, 15) is 18.0 Å². The van der Waals surface area contributed by atoms with Crippen molar-refractivity contribution in [1.29, 1.82) is 0 Å². The van der Waals surface area contributed by atoms with Gasteiger partial charge in [-0.2, -0.15) is 4.31 Å². The van der Waals surface area contributed by atoms with Gasteiger partial charge in [-0.1, -0.05) is 27.7 Å². The Labute approximate surface area is 208 Å². The van der Waals surface area contributed by atoms with E-state index in [0.717, 1.165) is 13.1 Å². The molecule has 0 bridgehead atoms. The van der Waals surface area contributed by atoms with Gasteiger partial charge in [0, 0.05) is 57.9 Å². The first-order valence-electron chi connectivity index (χ1n) is 12.2. The number of fused-ring (bicyclic) bond motifs is 1. The minimum absolute atomic E-state index is 0.000176. The molecule has 1 aliphatic rings. The van der Waals surface area contributed by atoms with Crippen molar-refractivity contribution >= 4 is 26.8 Å². The van der Waals surface area contributed by atoms with Gasteiger partial charge in [0.15, 0.2) is 0 Å². The van der Waals surface area contributed by atoms with Gasteiger partial charge in [0.05, 0.1) is 23.6 Å². The van der Waals surface area contributed by atoms with E-state index >= 15 is 0 Å². The molecular formula is C25H38N4O5S. The lowest BCUT2D eigenvalue weighted by Gasteiger charge is -2.26. The summed E-state index contributed by atoms with van der Waals surface area (Å²) < 4.78 is 34.5. The summed E-state index contributed by atoms with van der Waals surface area (Å²) in [4.78, 5) is 28.5. The minimum Gasteiger partial charge on any atom is -0.379 e. The average Bonchev–Trinajstić information content (AvgIpc) is 2.80. The van der Waals surface area contributed by atoms with Crippen LogP contribution in [0, 0.1) is 11.8 Å². The number of sulfonamides is 1. The zero-order valence-corrected chi connectivity index (χ0v) is 22.2. The van der Waals surface area contributed by atoms with Crippen molar-refractivity contribution in [3.05, 3.63) is 40.2 Å². The van der Waals surface area contributed by atoms with Crippen LogP contribution in [0.1, 0.15) is 38.1 Å². The zero-order valence-electron chi connectivity index (χ0n) is 21.4. The van der Waals surface area contributed by atoms with Crippen molar-refractivity contribution in [1.82, 2.24) is 19.1 Å². The monoisotopic (exact) mass is 506 g/mol. The molecule has 1 aromatic carbocycles. The molecule has 0 unspecified atom stereocenters. The van der Waals surface area contributed by atoms with E-state index in [1.807, 2.05) is 0 Å². The van der Waals surface area contributed by atoms with E-state index in [-0.39, 0.29) is 28.9 Å². The molecule has 2 heterocycles. The Morgan fingerprint density at radius 3 is 2.34 bits per heavy atom. The molecule has 9 nitrogen and oxygen atoms in total. The first-order chi connectivity index (χ1) is 16.5. The second kappa shape index (κ2) is 11.6. The Morgan fingerprint density at radius 2 is 1.74 bits per heavy atom. The molecule has 1 aliphatic heterocycles. The molecular weight excluding hydrogens is 468 g/mol.